The molecule has 0 fully saturated rings. The number of hydrogen-bond donors (Lipinski definition) is 1. The maximum absolute atomic E-state index is 12.4. The van der Waals surface area contributed by atoms with Gasteiger partial charge in [-0.15, -0.1) is 0 Å². The van der Waals surface area contributed by atoms with E-state index in [-0.39, 0.29) is 5.91 Å². The second kappa shape index (κ2) is 8.21. The number of aromatic nitrogens is 1. The van der Waals surface area contributed by atoms with Crippen LogP contribution in [0.5, 0.6) is 5.75 Å². The number of hydrazone groups is 1. The van der Waals surface area contributed by atoms with E-state index in [0.29, 0.717) is 16.3 Å². The highest BCUT2D eigenvalue weighted by Crippen LogP contribution is 2.22. The molecule has 0 spiro atoms. The first-order valence-electron chi connectivity index (χ1n) is 7.69. The Labute approximate surface area is 164 Å². The van der Waals surface area contributed by atoms with Gasteiger partial charge in [-0.1, -0.05) is 27.5 Å². The van der Waals surface area contributed by atoms with Gasteiger partial charge in [-0.25, -0.2) is 5.43 Å². The second-order valence-electron chi connectivity index (χ2n) is 5.32. The van der Waals surface area contributed by atoms with Crippen LogP contribution in [0.3, 0.4) is 0 Å². The summed E-state index contributed by atoms with van der Waals surface area (Å²) in [4.78, 5) is 12.4. The summed E-state index contributed by atoms with van der Waals surface area (Å²) in [5.41, 5.74) is 4.68. The van der Waals surface area contributed by atoms with E-state index in [1.165, 1.54) is 7.11 Å². The van der Waals surface area contributed by atoms with Gasteiger partial charge in [0.05, 0.1) is 24.6 Å². The third kappa shape index (κ3) is 4.15. The van der Waals surface area contributed by atoms with Crippen molar-refractivity contribution in [3.63, 3.8) is 0 Å². The highest BCUT2D eigenvalue weighted by atomic mass is 79.9. The lowest BCUT2D eigenvalue weighted by atomic mass is 10.2. The smallest absolute Gasteiger partial charge is 0.275 e. The molecule has 0 atom stereocenters. The molecule has 0 aliphatic carbocycles. The molecule has 1 N–H and O–H groups in total. The fourth-order valence-corrected chi connectivity index (χ4v) is 2.90. The highest BCUT2D eigenvalue weighted by Gasteiger charge is 2.12. The van der Waals surface area contributed by atoms with Crippen LogP contribution >= 0.6 is 27.5 Å². The third-order valence-electron chi connectivity index (χ3n) is 3.65. The zero-order chi connectivity index (χ0) is 18.5. The lowest BCUT2D eigenvalue weighted by molar-refractivity contribution is 0.0952. The summed E-state index contributed by atoms with van der Waals surface area (Å²) in [7, 11) is 1.52. The number of carbonyl (C=O) groups is 1. The summed E-state index contributed by atoms with van der Waals surface area (Å²) >= 11 is 9.28. The predicted molar refractivity (Wildman–Crippen MR) is 107 cm³/mol. The SMILES string of the molecule is COc1ccc(Br)cc1C(=O)NN=Cc1cccn1-c1ccc(Cl)cc1. The summed E-state index contributed by atoms with van der Waals surface area (Å²) in [6.45, 7) is 0. The zero-order valence-corrected chi connectivity index (χ0v) is 16.2. The molecule has 0 radical (unpaired) electrons. The van der Waals surface area contributed by atoms with E-state index in [9.17, 15) is 4.79 Å². The number of ether oxygens (including phenoxy) is 1. The van der Waals surface area contributed by atoms with Crippen LogP contribution in [0.1, 0.15) is 16.1 Å². The topological polar surface area (TPSA) is 55.6 Å². The number of methoxy groups -OCH3 is 1. The minimum atomic E-state index is -0.357. The van der Waals surface area contributed by atoms with Gasteiger partial charge in [-0.3, -0.25) is 4.79 Å². The van der Waals surface area contributed by atoms with Gasteiger partial charge in [0.15, 0.2) is 0 Å². The van der Waals surface area contributed by atoms with Crippen LogP contribution in [0.4, 0.5) is 0 Å². The Morgan fingerprint density at radius 2 is 2.00 bits per heavy atom. The van der Waals surface area contributed by atoms with Crippen LogP contribution in [-0.4, -0.2) is 23.8 Å². The molecule has 2 aromatic carbocycles. The molecule has 1 amide bonds. The molecule has 0 saturated heterocycles. The van der Waals surface area contributed by atoms with Gasteiger partial charge in [0.2, 0.25) is 0 Å². The molecular formula is C19H15BrClN3O2. The monoisotopic (exact) mass is 431 g/mol. The molecule has 5 nitrogen and oxygen atoms in total. The van der Waals surface area contributed by atoms with E-state index in [2.05, 4.69) is 26.5 Å². The molecule has 0 unspecified atom stereocenters. The fraction of sp³-hybridized carbons (Fsp3) is 0.0526. The first-order valence-corrected chi connectivity index (χ1v) is 8.86. The first-order chi connectivity index (χ1) is 12.6. The van der Waals surface area contributed by atoms with Crippen LogP contribution in [0.25, 0.3) is 5.69 Å². The summed E-state index contributed by atoms with van der Waals surface area (Å²) in [6, 6.07) is 16.4. The van der Waals surface area contributed by atoms with Crippen LogP contribution in [0, 0.1) is 0 Å². The predicted octanol–water partition coefficient (Wildman–Crippen LogP) is 4.67. The van der Waals surface area contributed by atoms with Gasteiger partial charge in [0.25, 0.3) is 5.91 Å². The molecule has 3 rings (SSSR count). The van der Waals surface area contributed by atoms with Crippen LogP contribution in [0.15, 0.2) is 70.4 Å². The van der Waals surface area contributed by atoms with E-state index < -0.39 is 0 Å². The van der Waals surface area contributed by atoms with Crippen molar-refractivity contribution in [2.24, 2.45) is 5.10 Å². The summed E-state index contributed by atoms with van der Waals surface area (Å²) in [6.07, 6.45) is 3.49. The van der Waals surface area contributed by atoms with Gasteiger partial charge >= 0.3 is 0 Å². The zero-order valence-electron chi connectivity index (χ0n) is 13.8. The molecule has 1 heterocycles. The van der Waals surface area contributed by atoms with Crippen molar-refractivity contribution in [1.29, 1.82) is 0 Å². The molecule has 0 saturated carbocycles. The molecule has 26 heavy (non-hydrogen) atoms. The van der Waals surface area contributed by atoms with Crippen molar-refractivity contribution in [1.82, 2.24) is 9.99 Å². The van der Waals surface area contributed by atoms with Gasteiger partial charge in [0.1, 0.15) is 5.75 Å². The maximum Gasteiger partial charge on any atom is 0.275 e. The number of nitrogens with one attached hydrogen (secondary N) is 1. The number of halogens is 2. The Balaban J connectivity index is 1.76. The lowest BCUT2D eigenvalue weighted by Crippen LogP contribution is -2.18. The minimum absolute atomic E-state index is 0.357. The molecule has 132 valence electrons. The van der Waals surface area contributed by atoms with E-state index >= 15 is 0 Å². The van der Waals surface area contributed by atoms with Crippen molar-refractivity contribution in [2.75, 3.05) is 7.11 Å². The number of amides is 1. The summed E-state index contributed by atoms with van der Waals surface area (Å²) < 4.78 is 7.93. The van der Waals surface area contributed by atoms with Crippen molar-refractivity contribution >= 4 is 39.7 Å². The first kappa shape index (κ1) is 18.2. The average Bonchev–Trinajstić information content (AvgIpc) is 3.10. The molecule has 0 aliphatic rings. The standard InChI is InChI=1S/C19H15BrClN3O2/c1-26-18-9-4-13(20)11-17(18)19(25)23-22-12-16-3-2-10-24(16)15-7-5-14(21)6-8-15/h2-12H,1H3,(H,23,25). The number of carbonyl (C=O) groups excluding carboxylic acids is 1. The molecule has 0 aliphatic heterocycles. The minimum Gasteiger partial charge on any atom is -0.496 e. The Hall–Kier alpha value is -2.57. The average molecular weight is 433 g/mol. The maximum atomic E-state index is 12.4. The summed E-state index contributed by atoms with van der Waals surface area (Å²) in [5, 5.41) is 4.73. The van der Waals surface area contributed by atoms with Crippen molar-refractivity contribution < 1.29 is 9.53 Å². The normalized spacial score (nSPS) is 10.9. The van der Waals surface area contributed by atoms with Gasteiger partial charge in [0, 0.05) is 21.4 Å². The largest absolute Gasteiger partial charge is 0.496 e. The van der Waals surface area contributed by atoms with E-state index in [1.807, 2.05) is 47.2 Å². The second-order valence-corrected chi connectivity index (χ2v) is 6.68. The van der Waals surface area contributed by atoms with Crippen molar-refractivity contribution in [2.45, 2.75) is 0 Å². The van der Waals surface area contributed by atoms with Gasteiger partial charge < -0.3 is 9.30 Å². The number of hydrogen-bond acceptors (Lipinski definition) is 3. The molecule has 7 heteroatoms. The Morgan fingerprint density at radius 1 is 1.23 bits per heavy atom. The number of rotatable bonds is 5. The summed E-state index contributed by atoms with van der Waals surface area (Å²) in [5.74, 6) is 0.120. The molecule has 1 aromatic heterocycles. The fourth-order valence-electron chi connectivity index (χ4n) is 2.41. The van der Waals surface area contributed by atoms with E-state index in [4.69, 9.17) is 16.3 Å². The van der Waals surface area contributed by atoms with E-state index in [1.54, 1.807) is 24.4 Å². The lowest BCUT2D eigenvalue weighted by Gasteiger charge is -2.08. The van der Waals surface area contributed by atoms with Crippen LogP contribution in [-0.2, 0) is 0 Å². The third-order valence-corrected chi connectivity index (χ3v) is 4.40. The van der Waals surface area contributed by atoms with Gasteiger partial charge in [-0.2, -0.15) is 5.10 Å². The van der Waals surface area contributed by atoms with Crippen molar-refractivity contribution in [3.05, 3.63) is 81.5 Å². The Kier molecular flexibility index (Phi) is 5.75. The Morgan fingerprint density at radius 3 is 2.73 bits per heavy atom. The van der Waals surface area contributed by atoms with E-state index in [0.717, 1.165) is 15.9 Å². The van der Waals surface area contributed by atoms with Crippen LogP contribution in [0.2, 0.25) is 5.02 Å². The van der Waals surface area contributed by atoms with Crippen molar-refractivity contribution in [3.8, 4) is 11.4 Å². The number of nitrogens with zero attached hydrogens (tertiary/aromatic N) is 2. The number of benzene rings is 2. The quantitative estimate of drug-likeness (QED) is 0.471. The Bertz CT molecular complexity index is 952. The molecule has 0 bridgehead atoms. The molecule has 3 aromatic rings. The molecular weight excluding hydrogens is 418 g/mol. The van der Waals surface area contributed by atoms with Gasteiger partial charge in [-0.05, 0) is 54.6 Å². The highest BCUT2D eigenvalue weighted by molar-refractivity contribution is 9.10. The van der Waals surface area contributed by atoms with Crippen LogP contribution < -0.4 is 10.2 Å².